The van der Waals surface area contributed by atoms with E-state index >= 15 is 0 Å². The van der Waals surface area contributed by atoms with Crippen molar-refractivity contribution in [1.82, 2.24) is 0 Å². The van der Waals surface area contributed by atoms with Gasteiger partial charge in [-0.2, -0.15) is 0 Å². The zero-order valence-electron chi connectivity index (χ0n) is 22.2. The molecule has 9 atom stereocenters. The Kier molecular flexibility index (Phi) is 5.27. The molecule has 4 saturated carbocycles. The molecule has 4 nitrogen and oxygen atoms in total. The van der Waals surface area contributed by atoms with Crippen LogP contribution in [-0.2, 0) is 9.59 Å². The van der Waals surface area contributed by atoms with Crippen LogP contribution in [-0.4, -0.2) is 22.2 Å². The van der Waals surface area contributed by atoms with E-state index in [9.17, 15) is 19.8 Å². The minimum Gasteiger partial charge on any atom is -0.481 e. The van der Waals surface area contributed by atoms with Crippen LogP contribution in [0.5, 0.6) is 0 Å². The molecule has 34 heavy (non-hydrogen) atoms. The molecule has 0 heterocycles. The molecular weight excluding hydrogens is 424 g/mol. The average molecular weight is 471 g/mol. The van der Waals surface area contributed by atoms with Gasteiger partial charge in [0, 0.05) is 0 Å². The Bertz CT molecular complexity index is 934. The molecule has 4 heteroatoms. The van der Waals surface area contributed by atoms with E-state index in [0.717, 1.165) is 31.3 Å². The third kappa shape index (κ3) is 2.72. The first-order valence-electron chi connectivity index (χ1n) is 14.0. The fraction of sp³-hybridized carbons (Fsp3) is 0.867. The van der Waals surface area contributed by atoms with Crippen LogP contribution >= 0.6 is 0 Å². The maximum absolute atomic E-state index is 13.5. The highest BCUT2D eigenvalue weighted by Crippen LogP contribution is 2.75. The molecule has 9 unspecified atom stereocenters. The zero-order chi connectivity index (χ0) is 24.9. The molecule has 0 bridgehead atoms. The van der Waals surface area contributed by atoms with Crippen LogP contribution in [0.2, 0.25) is 0 Å². The molecule has 190 valence electrons. The van der Waals surface area contributed by atoms with Crippen molar-refractivity contribution in [3.05, 3.63) is 11.6 Å². The summed E-state index contributed by atoms with van der Waals surface area (Å²) in [7, 11) is 0. The van der Waals surface area contributed by atoms with Gasteiger partial charge in [0.1, 0.15) is 0 Å². The minimum absolute atomic E-state index is 0.145. The monoisotopic (exact) mass is 470 g/mol. The number of aliphatic carboxylic acids is 2. The van der Waals surface area contributed by atoms with Gasteiger partial charge in [-0.1, -0.05) is 59.6 Å². The van der Waals surface area contributed by atoms with Crippen molar-refractivity contribution in [3.8, 4) is 0 Å². The molecular formula is C30H46O4. The van der Waals surface area contributed by atoms with Crippen LogP contribution in [0.25, 0.3) is 0 Å². The Hall–Kier alpha value is -1.32. The first-order valence-corrected chi connectivity index (χ1v) is 14.0. The normalized spacial score (nSPS) is 51.7. The van der Waals surface area contributed by atoms with Gasteiger partial charge in [0.2, 0.25) is 0 Å². The summed E-state index contributed by atoms with van der Waals surface area (Å²) in [5.41, 5.74) is -0.608. The molecule has 0 radical (unpaired) electrons. The summed E-state index contributed by atoms with van der Waals surface area (Å²) in [6.07, 6.45) is 11.5. The van der Waals surface area contributed by atoms with E-state index in [4.69, 9.17) is 0 Å². The molecule has 4 fully saturated rings. The predicted octanol–water partition coefficient (Wildman–Crippen LogP) is 7.18. The fourth-order valence-electron chi connectivity index (χ4n) is 11.1. The predicted molar refractivity (Wildman–Crippen MR) is 133 cm³/mol. The molecule has 0 aromatic heterocycles. The lowest BCUT2D eigenvalue weighted by Gasteiger charge is -2.70. The topological polar surface area (TPSA) is 74.6 Å². The molecule has 0 saturated heterocycles. The van der Waals surface area contributed by atoms with Gasteiger partial charge < -0.3 is 10.2 Å². The Morgan fingerprint density at radius 1 is 0.853 bits per heavy atom. The lowest BCUT2D eigenvalue weighted by Crippen LogP contribution is -2.67. The van der Waals surface area contributed by atoms with Gasteiger partial charge in [-0.3, -0.25) is 9.59 Å². The first-order chi connectivity index (χ1) is 15.8. The van der Waals surface area contributed by atoms with Crippen molar-refractivity contribution in [1.29, 1.82) is 0 Å². The van der Waals surface area contributed by atoms with Gasteiger partial charge in [0.05, 0.1) is 10.8 Å². The number of carboxylic acids is 2. The van der Waals surface area contributed by atoms with E-state index < -0.39 is 22.8 Å². The SMILES string of the molecule is CC1CCC2(C(=O)O)CCC3(C(=O)O)C(=CCC4C5(C)CCCC(C)(C)C5CCC43C)C2C1C. The highest BCUT2D eigenvalue weighted by molar-refractivity contribution is 5.84. The van der Waals surface area contributed by atoms with Crippen molar-refractivity contribution in [3.63, 3.8) is 0 Å². The molecule has 0 aliphatic heterocycles. The van der Waals surface area contributed by atoms with Gasteiger partial charge in [0.25, 0.3) is 0 Å². The molecule has 0 aromatic carbocycles. The van der Waals surface area contributed by atoms with E-state index in [1.807, 2.05) is 0 Å². The second kappa shape index (κ2) is 7.35. The lowest BCUT2D eigenvalue weighted by molar-refractivity contribution is -0.205. The largest absolute Gasteiger partial charge is 0.481 e. The molecule has 5 aliphatic carbocycles. The highest BCUT2D eigenvalue weighted by atomic mass is 16.4. The second-order valence-corrected chi connectivity index (χ2v) is 14.3. The van der Waals surface area contributed by atoms with E-state index in [2.05, 4.69) is 47.6 Å². The number of fused-ring (bicyclic) bond motifs is 7. The molecule has 0 aromatic rings. The van der Waals surface area contributed by atoms with Crippen LogP contribution in [0.4, 0.5) is 0 Å². The summed E-state index contributed by atoms with van der Waals surface area (Å²) in [5.74, 6) is 0.0248. The molecule has 0 amide bonds. The summed E-state index contributed by atoms with van der Waals surface area (Å²) in [4.78, 5) is 26.3. The van der Waals surface area contributed by atoms with Crippen molar-refractivity contribution in [2.24, 2.45) is 56.7 Å². The maximum atomic E-state index is 13.5. The lowest BCUT2D eigenvalue weighted by atomic mass is 9.33. The van der Waals surface area contributed by atoms with E-state index in [-0.39, 0.29) is 22.7 Å². The number of hydrogen-bond acceptors (Lipinski definition) is 2. The van der Waals surface area contributed by atoms with E-state index in [1.54, 1.807) is 0 Å². The molecule has 5 aliphatic rings. The quantitative estimate of drug-likeness (QED) is 0.419. The Labute approximate surface area is 206 Å². The smallest absolute Gasteiger partial charge is 0.314 e. The first kappa shape index (κ1) is 24.4. The van der Waals surface area contributed by atoms with Crippen LogP contribution < -0.4 is 0 Å². The summed E-state index contributed by atoms with van der Waals surface area (Å²) in [5, 5.41) is 21.6. The summed E-state index contributed by atoms with van der Waals surface area (Å²) in [6.45, 7) is 14.1. The Balaban J connectivity index is 1.69. The molecule has 0 spiro atoms. The van der Waals surface area contributed by atoms with Crippen molar-refractivity contribution in [2.45, 2.75) is 106 Å². The van der Waals surface area contributed by atoms with Crippen LogP contribution in [0.1, 0.15) is 106 Å². The van der Waals surface area contributed by atoms with Gasteiger partial charge in [-0.15, -0.1) is 0 Å². The molecule has 2 N–H and O–H groups in total. The van der Waals surface area contributed by atoms with Crippen LogP contribution in [0.15, 0.2) is 11.6 Å². The van der Waals surface area contributed by atoms with E-state index in [0.29, 0.717) is 42.4 Å². The van der Waals surface area contributed by atoms with Gasteiger partial charge >= 0.3 is 11.9 Å². The van der Waals surface area contributed by atoms with Gasteiger partial charge in [0.15, 0.2) is 0 Å². The second-order valence-electron chi connectivity index (χ2n) is 14.3. The summed E-state index contributed by atoms with van der Waals surface area (Å²) >= 11 is 0. The number of carbonyl (C=O) groups is 2. The fourth-order valence-corrected chi connectivity index (χ4v) is 11.1. The Morgan fingerprint density at radius 3 is 2.21 bits per heavy atom. The summed E-state index contributed by atoms with van der Waals surface area (Å²) in [6, 6.07) is 0. The Morgan fingerprint density at radius 2 is 1.56 bits per heavy atom. The number of allylic oxidation sites excluding steroid dienone is 1. The minimum atomic E-state index is -0.930. The standard InChI is InChI=1S/C30H46O4/c1-18-10-15-29(24(31)32)16-17-30(25(33)34)20(23(29)19(18)2)8-9-22-27(5)13-7-12-26(3,4)21(27)11-14-28(22,30)6/h8,18-19,21-23H,7,9-17H2,1-6H3,(H,31,32)(H,33,34). The van der Waals surface area contributed by atoms with Crippen molar-refractivity contribution >= 4 is 11.9 Å². The highest BCUT2D eigenvalue weighted by Gasteiger charge is 2.72. The average Bonchev–Trinajstić information content (AvgIpc) is 2.74. The van der Waals surface area contributed by atoms with Gasteiger partial charge in [-0.25, -0.2) is 0 Å². The van der Waals surface area contributed by atoms with Crippen molar-refractivity contribution < 1.29 is 19.8 Å². The maximum Gasteiger partial charge on any atom is 0.314 e. The zero-order valence-corrected chi connectivity index (χ0v) is 22.2. The van der Waals surface area contributed by atoms with Crippen LogP contribution in [0.3, 0.4) is 0 Å². The van der Waals surface area contributed by atoms with Crippen molar-refractivity contribution in [2.75, 3.05) is 0 Å². The third-order valence-electron chi connectivity index (χ3n) is 13.0. The van der Waals surface area contributed by atoms with E-state index in [1.165, 1.54) is 19.3 Å². The number of rotatable bonds is 2. The summed E-state index contributed by atoms with van der Waals surface area (Å²) < 4.78 is 0. The molecule has 5 rings (SSSR count). The third-order valence-corrected chi connectivity index (χ3v) is 13.0. The number of hydrogen-bond donors (Lipinski definition) is 2. The number of carboxylic acid groups (broad SMARTS) is 2. The van der Waals surface area contributed by atoms with Gasteiger partial charge in [-0.05, 0) is 104 Å². The van der Waals surface area contributed by atoms with Crippen LogP contribution in [0, 0.1) is 56.7 Å².